The topological polar surface area (TPSA) is 93.5 Å². The summed E-state index contributed by atoms with van der Waals surface area (Å²) in [6.07, 6.45) is 0. The predicted octanol–water partition coefficient (Wildman–Crippen LogP) is 1.56. The highest BCUT2D eigenvalue weighted by Gasteiger charge is 2.17. The van der Waals surface area contributed by atoms with Crippen molar-refractivity contribution in [1.82, 2.24) is 10.6 Å². The number of carbonyl (C=O) groups is 2. The largest absolute Gasteiger partial charge is 0.496 e. The van der Waals surface area contributed by atoms with Crippen molar-refractivity contribution in [3.8, 4) is 5.75 Å². The minimum atomic E-state index is -0.619. The zero-order chi connectivity index (χ0) is 18.4. The van der Waals surface area contributed by atoms with E-state index in [0.717, 1.165) is 16.3 Å². The van der Waals surface area contributed by atoms with Crippen molar-refractivity contribution in [2.75, 3.05) is 13.7 Å². The number of benzene rings is 2. The standard InChI is InChI=1S/C19H25N3O3/c1-12(2)18(20)19(24)22-11-17(23)21-10-15-14-7-5-4-6-13(14)8-9-16(15)25-3/h4-9,12,18H,10-11,20H2,1-3H3,(H,21,23)(H,22,24)/t18-/m0/s1. The van der Waals surface area contributed by atoms with Gasteiger partial charge in [0.15, 0.2) is 0 Å². The van der Waals surface area contributed by atoms with Crippen LogP contribution in [0.25, 0.3) is 10.8 Å². The summed E-state index contributed by atoms with van der Waals surface area (Å²) in [5.74, 6) is 0.125. The van der Waals surface area contributed by atoms with E-state index in [1.807, 2.05) is 50.2 Å². The van der Waals surface area contributed by atoms with Crippen LogP contribution in [0.2, 0.25) is 0 Å². The van der Waals surface area contributed by atoms with Crippen LogP contribution in [0.4, 0.5) is 0 Å². The molecule has 6 heteroatoms. The van der Waals surface area contributed by atoms with Gasteiger partial charge in [-0.05, 0) is 22.8 Å². The molecule has 0 aliphatic carbocycles. The summed E-state index contributed by atoms with van der Waals surface area (Å²) < 4.78 is 5.40. The first kappa shape index (κ1) is 18.7. The maximum absolute atomic E-state index is 12.0. The third-order valence-electron chi connectivity index (χ3n) is 4.12. The highest BCUT2D eigenvalue weighted by Crippen LogP contribution is 2.27. The number of amides is 2. The Hall–Kier alpha value is -2.60. The normalized spacial score (nSPS) is 12.0. The highest BCUT2D eigenvalue weighted by molar-refractivity contribution is 5.89. The molecule has 0 unspecified atom stereocenters. The zero-order valence-corrected chi connectivity index (χ0v) is 14.8. The van der Waals surface area contributed by atoms with Crippen LogP contribution in [-0.2, 0) is 16.1 Å². The van der Waals surface area contributed by atoms with Gasteiger partial charge in [-0.3, -0.25) is 9.59 Å². The number of nitrogens with two attached hydrogens (primary N) is 1. The minimum absolute atomic E-state index is 0.0167. The molecule has 0 aromatic heterocycles. The van der Waals surface area contributed by atoms with E-state index in [1.54, 1.807) is 7.11 Å². The quantitative estimate of drug-likeness (QED) is 0.711. The maximum atomic E-state index is 12.0. The number of hydrogen-bond donors (Lipinski definition) is 3. The van der Waals surface area contributed by atoms with E-state index in [2.05, 4.69) is 10.6 Å². The Labute approximate surface area is 147 Å². The molecule has 2 aromatic rings. The molecule has 2 amide bonds. The monoisotopic (exact) mass is 343 g/mol. The number of rotatable bonds is 7. The van der Waals surface area contributed by atoms with E-state index in [4.69, 9.17) is 10.5 Å². The number of fused-ring (bicyclic) bond motifs is 1. The summed E-state index contributed by atoms with van der Waals surface area (Å²) in [7, 11) is 1.60. The summed E-state index contributed by atoms with van der Waals surface area (Å²) in [6.45, 7) is 3.93. The number of ether oxygens (including phenoxy) is 1. The molecule has 0 saturated heterocycles. The van der Waals surface area contributed by atoms with Gasteiger partial charge >= 0.3 is 0 Å². The fourth-order valence-electron chi connectivity index (χ4n) is 2.53. The van der Waals surface area contributed by atoms with Gasteiger partial charge in [-0.25, -0.2) is 0 Å². The van der Waals surface area contributed by atoms with Crippen LogP contribution in [0, 0.1) is 5.92 Å². The van der Waals surface area contributed by atoms with Gasteiger partial charge in [-0.1, -0.05) is 44.2 Å². The first-order valence-corrected chi connectivity index (χ1v) is 8.28. The molecular formula is C19H25N3O3. The summed E-state index contributed by atoms with van der Waals surface area (Å²) >= 11 is 0. The molecule has 0 radical (unpaired) electrons. The van der Waals surface area contributed by atoms with Gasteiger partial charge in [0.2, 0.25) is 11.8 Å². The minimum Gasteiger partial charge on any atom is -0.496 e. The molecular weight excluding hydrogens is 318 g/mol. The number of carbonyl (C=O) groups excluding carboxylic acids is 2. The number of nitrogens with one attached hydrogen (secondary N) is 2. The van der Waals surface area contributed by atoms with Crippen molar-refractivity contribution < 1.29 is 14.3 Å². The molecule has 0 fully saturated rings. The summed E-state index contributed by atoms with van der Waals surface area (Å²) in [5.41, 5.74) is 6.65. The lowest BCUT2D eigenvalue weighted by atomic mass is 10.0. The third kappa shape index (κ3) is 4.70. The molecule has 4 N–H and O–H groups in total. The second kappa shape index (κ2) is 8.48. The molecule has 134 valence electrons. The summed E-state index contributed by atoms with van der Waals surface area (Å²) in [5, 5.41) is 7.47. The van der Waals surface area contributed by atoms with Gasteiger partial charge in [-0.15, -0.1) is 0 Å². The average molecular weight is 343 g/mol. The number of methoxy groups -OCH3 is 1. The lowest BCUT2D eigenvalue weighted by Crippen LogP contribution is -2.47. The fourth-order valence-corrected chi connectivity index (χ4v) is 2.53. The Bertz CT molecular complexity index is 759. The Morgan fingerprint density at radius 2 is 1.84 bits per heavy atom. The molecule has 1 atom stereocenters. The second-order valence-electron chi connectivity index (χ2n) is 6.23. The zero-order valence-electron chi connectivity index (χ0n) is 14.8. The van der Waals surface area contributed by atoms with Crippen LogP contribution in [0.5, 0.6) is 5.75 Å². The van der Waals surface area contributed by atoms with Crippen molar-refractivity contribution in [2.45, 2.75) is 26.4 Å². The van der Waals surface area contributed by atoms with Crippen LogP contribution in [-0.4, -0.2) is 31.5 Å². The van der Waals surface area contributed by atoms with E-state index < -0.39 is 6.04 Å². The van der Waals surface area contributed by atoms with Crippen LogP contribution in [0.3, 0.4) is 0 Å². The van der Waals surface area contributed by atoms with E-state index in [1.165, 1.54) is 0 Å². The molecule has 2 rings (SSSR count). The van der Waals surface area contributed by atoms with E-state index in [0.29, 0.717) is 12.3 Å². The van der Waals surface area contributed by atoms with Gasteiger partial charge in [0.1, 0.15) is 5.75 Å². The lowest BCUT2D eigenvalue weighted by molar-refractivity contribution is -0.127. The molecule has 25 heavy (non-hydrogen) atoms. The molecule has 0 bridgehead atoms. The molecule has 0 saturated carbocycles. The van der Waals surface area contributed by atoms with E-state index in [9.17, 15) is 9.59 Å². The van der Waals surface area contributed by atoms with Crippen LogP contribution in [0.1, 0.15) is 19.4 Å². The molecule has 6 nitrogen and oxygen atoms in total. The lowest BCUT2D eigenvalue weighted by Gasteiger charge is -2.16. The highest BCUT2D eigenvalue weighted by atomic mass is 16.5. The Morgan fingerprint density at radius 1 is 1.12 bits per heavy atom. The van der Waals surface area contributed by atoms with Crippen LogP contribution < -0.4 is 21.1 Å². The maximum Gasteiger partial charge on any atom is 0.239 e. The molecule has 2 aromatic carbocycles. The molecule has 0 heterocycles. The van der Waals surface area contributed by atoms with Gasteiger partial charge < -0.3 is 21.1 Å². The average Bonchev–Trinajstić information content (AvgIpc) is 2.63. The van der Waals surface area contributed by atoms with E-state index in [-0.39, 0.29) is 24.3 Å². The van der Waals surface area contributed by atoms with Gasteiger partial charge in [0.25, 0.3) is 0 Å². The van der Waals surface area contributed by atoms with Gasteiger partial charge in [-0.2, -0.15) is 0 Å². The van der Waals surface area contributed by atoms with Crippen molar-refractivity contribution in [3.63, 3.8) is 0 Å². The van der Waals surface area contributed by atoms with Crippen molar-refractivity contribution in [1.29, 1.82) is 0 Å². The molecule has 0 spiro atoms. The van der Waals surface area contributed by atoms with Gasteiger partial charge in [0.05, 0.1) is 19.7 Å². The Morgan fingerprint density at radius 3 is 2.52 bits per heavy atom. The van der Waals surface area contributed by atoms with Crippen molar-refractivity contribution in [3.05, 3.63) is 42.0 Å². The second-order valence-corrected chi connectivity index (χ2v) is 6.23. The smallest absolute Gasteiger partial charge is 0.239 e. The Kier molecular flexibility index (Phi) is 6.36. The SMILES string of the molecule is COc1ccc2ccccc2c1CNC(=O)CNC(=O)[C@@H](N)C(C)C. The summed E-state index contributed by atoms with van der Waals surface area (Å²) in [4.78, 5) is 23.8. The van der Waals surface area contributed by atoms with Crippen LogP contribution in [0.15, 0.2) is 36.4 Å². The summed E-state index contributed by atoms with van der Waals surface area (Å²) in [6, 6.07) is 11.1. The third-order valence-corrected chi connectivity index (χ3v) is 4.12. The van der Waals surface area contributed by atoms with Crippen LogP contribution >= 0.6 is 0 Å². The molecule has 0 aliphatic heterocycles. The first-order valence-electron chi connectivity index (χ1n) is 8.28. The van der Waals surface area contributed by atoms with Gasteiger partial charge in [0, 0.05) is 12.1 Å². The first-order chi connectivity index (χ1) is 11.9. The Balaban J connectivity index is 2.00. The fraction of sp³-hybridized carbons (Fsp3) is 0.368. The predicted molar refractivity (Wildman–Crippen MR) is 98.2 cm³/mol. The van der Waals surface area contributed by atoms with Crippen molar-refractivity contribution >= 4 is 22.6 Å². The number of hydrogen-bond acceptors (Lipinski definition) is 4. The van der Waals surface area contributed by atoms with Crippen molar-refractivity contribution in [2.24, 2.45) is 11.7 Å². The van der Waals surface area contributed by atoms with E-state index >= 15 is 0 Å². The molecule has 0 aliphatic rings.